The molecule has 0 saturated carbocycles. The van der Waals surface area contributed by atoms with Crippen molar-refractivity contribution in [1.82, 2.24) is 0 Å². The maximum absolute atomic E-state index is 13.1. The maximum Gasteiger partial charge on any atom is 0.472 e. The summed E-state index contributed by atoms with van der Waals surface area (Å²) in [7, 11) is -9.93. The minimum absolute atomic E-state index is 0.100. The van der Waals surface area contributed by atoms with Gasteiger partial charge in [-0.05, 0) is 69.1 Å². The van der Waals surface area contributed by atoms with Gasteiger partial charge in [-0.15, -0.1) is 0 Å². The molecule has 17 nitrogen and oxygen atoms in total. The number of hydrogen-bond donors (Lipinski definition) is 3. The number of carbonyl (C=O) groups excluding carboxylic acids is 4. The summed E-state index contributed by atoms with van der Waals surface area (Å²) in [6.45, 7) is 11.9. The van der Waals surface area contributed by atoms with Crippen molar-refractivity contribution in [3.63, 3.8) is 0 Å². The van der Waals surface area contributed by atoms with E-state index in [1.54, 1.807) is 0 Å². The summed E-state index contributed by atoms with van der Waals surface area (Å²) in [6.07, 6.45) is 60.4. The fourth-order valence-corrected chi connectivity index (χ4v) is 13.3. The zero-order chi connectivity index (χ0) is 73.0. The molecule has 4 unspecified atom stereocenters. The molecule has 0 aromatic rings. The highest BCUT2D eigenvalue weighted by molar-refractivity contribution is 7.47. The van der Waals surface area contributed by atoms with E-state index in [0.29, 0.717) is 31.6 Å². The van der Waals surface area contributed by atoms with E-state index in [0.717, 1.165) is 127 Å². The smallest absolute Gasteiger partial charge is 0.462 e. The molecule has 0 rings (SSSR count). The van der Waals surface area contributed by atoms with E-state index in [-0.39, 0.29) is 25.7 Å². The average molecular weight is 1450 g/mol. The lowest BCUT2D eigenvalue weighted by Gasteiger charge is -2.21. The summed E-state index contributed by atoms with van der Waals surface area (Å²) in [5.74, 6) is 0.189. The lowest BCUT2D eigenvalue weighted by atomic mass is 9.99. The van der Waals surface area contributed by atoms with Crippen molar-refractivity contribution in [3.05, 3.63) is 24.3 Å². The fraction of sp³-hybridized carbons (Fsp3) is 0.900. The minimum Gasteiger partial charge on any atom is -0.462 e. The molecule has 0 aromatic carbocycles. The Morgan fingerprint density at radius 1 is 0.333 bits per heavy atom. The monoisotopic (exact) mass is 1450 g/mol. The van der Waals surface area contributed by atoms with Crippen molar-refractivity contribution >= 4 is 39.5 Å². The molecule has 0 bridgehead atoms. The zero-order valence-electron chi connectivity index (χ0n) is 64.4. The number of carbonyl (C=O) groups is 4. The van der Waals surface area contributed by atoms with Gasteiger partial charge in [0.1, 0.15) is 19.3 Å². The summed E-state index contributed by atoms with van der Waals surface area (Å²) in [4.78, 5) is 73.0. The van der Waals surface area contributed by atoms with Gasteiger partial charge < -0.3 is 33.8 Å². The minimum atomic E-state index is -4.97. The van der Waals surface area contributed by atoms with Gasteiger partial charge in [0.15, 0.2) is 12.2 Å². The van der Waals surface area contributed by atoms with Crippen molar-refractivity contribution in [2.75, 3.05) is 39.6 Å². The Morgan fingerprint density at radius 3 is 0.899 bits per heavy atom. The highest BCUT2D eigenvalue weighted by Crippen LogP contribution is 2.45. The van der Waals surface area contributed by atoms with Crippen molar-refractivity contribution in [1.29, 1.82) is 0 Å². The van der Waals surface area contributed by atoms with Gasteiger partial charge >= 0.3 is 39.5 Å². The van der Waals surface area contributed by atoms with Crippen molar-refractivity contribution < 1.29 is 80.2 Å². The van der Waals surface area contributed by atoms with Crippen LogP contribution < -0.4 is 0 Å². The van der Waals surface area contributed by atoms with Crippen molar-refractivity contribution in [2.45, 2.75) is 407 Å². The average Bonchev–Trinajstić information content (AvgIpc) is 0.971. The van der Waals surface area contributed by atoms with Gasteiger partial charge in [0, 0.05) is 25.7 Å². The van der Waals surface area contributed by atoms with Crippen LogP contribution in [0.2, 0.25) is 0 Å². The van der Waals surface area contributed by atoms with E-state index >= 15 is 0 Å². The molecular formula is C80H152O17P2. The third-order valence-corrected chi connectivity index (χ3v) is 20.3. The second kappa shape index (κ2) is 69.9. The molecule has 0 aliphatic carbocycles. The Balaban J connectivity index is 5.28. The first-order valence-corrected chi connectivity index (χ1v) is 43.7. The summed E-state index contributed by atoms with van der Waals surface area (Å²) < 4.78 is 68.6. The van der Waals surface area contributed by atoms with Crippen LogP contribution in [0.3, 0.4) is 0 Å². The Bertz CT molecular complexity index is 2020. The van der Waals surface area contributed by atoms with Crippen LogP contribution in [0.15, 0.2) is 24.3 Å². The van der Waals surface area contributed by atoms with Crippen molar-refractivity contribution in [3.8, 4) is 0 Å². The SMILES string of the molecule is CCCCCC/C=C\C=C/CCCCCCCC(=O)OC[C@H](COP(=O)(O)OCC(O)COP(=O)(O)OC[C@@H](COC(=O)CCCCCCCCCC(C)C)OC(=O)CCCCCCCCCCCCCCCCC(C)CC)OC(=O)CCCCCCCCCCCCCCCC(C)C. The Labute approximate surface area is 605 Å². The summed E-state index contributed by atoms with van der Waals surface area (Å²) in [5, 5.41) is 10.6. The summed E-state index contributed by atoms with van der Waals surface area (Å²) in [6, 6.07) is 0. The largest absolute Gasteiger partial charge is 0.472 e. The van der Waals surface area contributed by atoms with Crippen LogP contribution in [0.5, 0.6) is 0 Å². The molecule has 0 aliphatic rings. The maximum atomic E-state index is 13.1. The first-order chi connectivity index (χ1) is 47.8. The van der Waals surface area contributed by atoms with Gasteiger partial charge in [0.05, 0.1) is 26.4 Å². The van der Waals surface area contributed by atoms with Gasteiger partial charge in [-0.25, -0.2) is 9.13 Å². The number of esters is 4. The predicted octanol–water partition coefficient (Wildman–Crippen LogP) is 23.3. The van der Waals surface area contributed by atoms with E-state index < -0.39 is 97.5 Å². The highest BCUT2D eigenvalue weighted by Gasteiger charge is 2.30. The number of aliphatic hydroxyl groups excluding tert-OH is 1. The number of hydrogen-bond acceptors (Lipinski definition) is 15. The van der Waals surface area contributed by atoms with Crippen LogP contribution in [0, 0.1) is 17.8 Å². The summed E-state index contributed by atoms with van der Waals surface area (Å²) >= 11 is 0. The normalized spacial score (nSPS) is 14.4. The molecule has 584 valence electrons. The predicted molar refractivity (Wildman–Crippen MR) is 404 cm³/mol. The molecule has 6 atom stereocenters. The first kappa shape index (κ1) is 96.5. The Kier molecular flexibility index (Phi) is 68.1. The molecule has 3 N–H and O–H groups in total. The third kappa shape index (κ3) is 72.3. The lowest BCUT2D eigenvalue weighted by Crippen LogP contribution is -2.30. The standard InChI is InChI=1S/C80H152O17P2/c1-8-10-11-12-13-14-15-16-17-23-28-33-40-47-54-61-77(82)90-67-75(96-79(84)64-57-50-42-35-30-25-20-21-26-31-37-44-51-58-71(3)4)69-94-98(86,87)92-65-74(81)66-93-99(88,89)95-70-76(68-91-78(83)62-55-48-43-36-38-45-52-59-72(5)6)97-80(85)63-56-49-41-34-29-24-19-18-22-27-32-39-46-53-60-73(7)9-2/h14-17,71-76,81H,8-13,18-70H2,1-7H3,(H,86,87)(H,88,89)/b15-14-,17-16-/t73?,74?,75-,76-/m1/s1. The lowest BCUT2D eigenvalue weighted by molar-refractivity contribution is -0.161. The van der Waals surface area contributed by atoms with Gasteiger partial charge in [-0.3, -0.25) is 37.3 Å². The Morgan fingerprint density at radius 2 is 0.596 bits per heavy atom. The molecule has 19 heteroatoms. The van der Waals surface area contributed by atoms with Crippen LogP contribution >= 0.6 is 15.6 Å². The first-order valence-electron chi connectivity index (χ1n) is 40.7. The van der Waals surface area contributed by atoms with Crippen LogP contribution in [-0.4, -0.2) is 96.7 Å². The molecule has 0 aromatic heterocycles. The molecule has 0 fully saturated rings. The fourth-order valence-electron chi connectivity index (χ4n) is 11.7. The number of aliphatic hydroxyl groups is 1. The third-order valence-electron chi connectivity index (χ3n) is 18.4. The Hall–Kier alpha value is -2.46. The van der Waals surface area contributed by atoms with E-state index in [1.807, 2.05) is 0 Å². The van der Waals surface area contributed by atoms with Crippen LogP contribution in [-0.2, 0) is 65.4 Å². The van der Waals surface area contributed by atoms with E-state index in [1.165, 1.54) is 173 Å². The van der Waals surface area contributed by atoms with E-state index in [4.69, 9.17) is 37.0 Å². The number of allylic oxidation sites excluding steroid dienone is 4. The topological polar surface area (TPSA) is 237 Å². The van der Waals surface area contributed by atoms with Crippen LogP contribution in [0.4, 0.5) is 0 Å². The molecular weight excluding hydrogens is 1290 g/mol. The van der Waals surface area contributed by atoms with Gasteiger partial charge in [0.25, 0.3) is 0 Å². The molecule has 99 heavy (non-hydrogen) atoms. The highest BCUT2D eigenvalue weighted by atomic mass is 31.2. The second-order valence-electron chi connectivity index (χ2n) is 29.3. The number of phosphoric acid groups is 2. The number of phosphoric ester groups is 2. The number of ether oxygens (including phenoxy) is 4. The molecule has 0 aliphatic heterocycles. The van der Waals surface area contributed by atoms with Crippen molar-refractivity contribution in [2.24, 2.45) is 17.8 Å². The molecule has 0 amide bonds. The van der Waals surface area contributed by atoms with E-state index in [2.05, 4.69) is 72.8 Å². The molecule has 0 spiro atoms. The van der Waals surface area contributed by atoms with Crippen LogP contribution in [0.1, 0.15) is 389 Å². The van der Waals surface area contributed by atoms with Crippen LogP contribution in [0.25, 0.3) is 0 Å². The number of unbranched alkanes of at least 4 members (excludes halogenated alkanes) is 40. The number of rotatable bonds is 76. The second-order valence-corrected chi connectivity index (χ2v) is 32.2. The summed E-state index contributed by atoms with van der Waals surface area (Å²) in [5.41, 5.74) is 0. The molecule has 0 saturated heterocycles. The van der Waals surface area contributed by atoms with E-state index in [9.17, 15) is 43.2 Å². The molecule has 0 heterocycles. The zero-order valence-corrected chi connectivity index (χ0v) is 66.2. The van der Waals surface area contributed by atoms with Gasteiger partial charge in [0.2, 0.25) is 0 Å². The van der Waals surface area contributed by atoms with Gasteiger partial charge in [-0.1, -0.05) is 336 Å². The molecule has 0 radical (unpaired) electrons. The van der Waals surface area contributed by atoms with Gasteiger partial charge in [-0.2, -0.15) is 0 Å². The quantitative estimate of drug-likeness (QED) is 0.0169.